The third kappa shape index (κ3) is 8.69. The van der Waals surface area contributed by atoms with E-state index in [1.807, 2.05) is 13.0 Å². The van der Waals surface area contributed by atoms with Crippen LogP contribution in [0, 0.1) is 29.1 Å². The molecule has 2 aliphatic carbocycles. The highest BCUT2D eigenvalue weighted by atomic mass is 32.2. The van der Waals surface area contributed by atoms with Crippen molar-refractivity contribution in [3.63, 3.8) is 0 Å². The normalized spacial score (nSPS) is 29.6. The number of ether oxygens (including phenoxy) is 3. The van der Waals surface area contributed by atoms with Crippen molar-refractivity contribution in [2.24, 2.45) is 29.1 Å². The van der Waals surface area contributed by atoms with Gasteiger partial charge in [-0.2, -0.15) is 13.2 Å². The van der Waals surface area contributed by atoms with E-state index in [1.54, 1.807) is 37.4 Å². The number of carbonyl (C=O) groups is 4. The molecule has 318 valence electrons. The number of halogens is 4. The van der Waals surface area contributed by atoms with Crippen LogP contribution in [0.15, 0.2) is 42.7 Å². The van der Waals surface area contributed by atoms with Gasteiger partial charge >= 0.3 is 12.1 Å². The predicted octanol–water partition coefficient (Wildman–Crippen LogP) is 6.41. The number of carbonyl (C=O) groups excluding carboxylic acids is 4. The molecule has 4 aliphatic rings. The summed E-state index contributed by atoms with van der Waals surface area (Å²) in [7, 11) is -2.89. The van der Waals surface area contributed by atoms with Crippen molar-refractivity contribution < 1.29 is 59.4 Å². The van der Waals surface area contributed by atoms with Gasteiger partial charge in [-0.1, -0.05) is 26.0 Å². The average Bonchev–Trinajstić information content (AvgIpc) is 4.05. The van der Waals surface area contributed by atoms with Crippen LogP contribution in [0.1, 0.15) is 85.5 Å². The van der Waals surface area contributed by atoms with Crippen molar-refractivity contribution in [3.8, 4) is 11.5 Å². The molecule has 1 aromatic carbocycles. The number of nitrogens with one attached hydrogen (secondary N) is 1. The molecule has 2 amide bonds. The van der Waals surface area contributed by atoms with E-state index >= 15 is 0 Å². The Bertz CT molecular complexity index is 2070. The second-order valence-electron chi connectivity index (χ2n) is 17.2. The first-order valence-corrected chi connectivity index (χ1v) is 21.1. The number of rotatable bonds is 10. The number of ketones is 1. The number of benzene rings is 1. The highest BCUT2D eigenvalue weighted by Gasteiger charge is 2.63. The lowest BCUT2D eigenvalue weighted by atomic mass is 9.82. The number of aromatic nitrogens is 1. The first kappa shape index (κ1) is 43.3. The van der Waals surface area contributed by atoms with Gasteiger partial charge in [0, 0.05) is 29.8 Å². The Hall–Kier alpha value is -4.28. The van der Waals surface area contributed by atoms with Gasteiger partial charge in [0.1, 0.15) is 29.0 Å². The SMILES string of the molecule is COc1ccc2c(O[C@@H]3C[C@H]4C(=O)C[C@]5(C(=O)NS(=O)(=O)C6(CF)CC6)C[C@H]5/C=C\CC[C@@H](C)C[C@@H](C)[C@H](CC(=O)OC(C)(C)C(F)(F)F)C(=O)N4C3)cncc2c1. The summed E-state index contributed by atoms with van der Waals surface area (Å²) in [4.78, 5) is 62.1. The molecule has 58 heavy (non-hydrogen) atoms. The Morgan fingerprint density at radius 1 is 1.09 bits per heavy atom. The molecule has 17 heteroatoms. The number of methoxy groups -OCH3 is 1. The molecule has 7 atom stereocenters. The number of Topliss-reactive ketones (excluding diaryl/α,β-unsaturated/α-hetero) is 1. The van der Waals surface area contributed by atoms with E-state index in [-0.39, 0.29) is 38.1 Å². The van der Waals surface area contributed by atoms with Crippen molar-refractivity contribution in [1.29, 1.82) is 0 Å². The van der Waals surface area contributed by atoms with Crippen molar-refractivity contribution in [2.75, 3.05) is 20.3 Å². The summed E-state index contributed by atoms with van der Waals surface area (Å²) >= 11 is 0. The number of hydrogen-bond acceptors (Lipinski definition) is 10. The number of alkyl halides is 4. The first-order chi connectivity index (χ1) is 27.2. The lowest BCUT2D eigenvalue weighted by Gasteiger charge is -2.33. The third-order valence-electron chi connectivity index (χ3n) is 12.5. The number of allylic oxidation sites excluding steroid dienone is 2. The van der Waals surface area contributed by atoms with E-state index in [1.165, 1.54) is 18.2 Å². The molecule has 3 heterocycles. The van der Waals surface area contributed by atoms with E-state index < -0.39 is 105 Å². The van der Waals surface area contributed by atoms with Crippen LogP contribution in [0.4, 0.5) is 17.6 Å². The molecular formula is C41H51F4N3O9S. The third-order valence-corrected chi connectivity index (χ3v) is 14.6. The zero-order chi connectivity index (χ0) is 42.4. The molecule has 0 bridgehead atoms. The number of amides is 2. The Kier molecular flexibility index (Phi) is 12.0. The van der Waals surface area contributed by atoms with Crippen LogP contribution in [0.3, 0.4) is 0 Å². The standard InChI is InChI=1S/C41H51F4N3O9S/c1-24-8-6-7-9-27-18-40(27,37(52)47-58(53,54)39(23-42)12-13-39)19-33(49)32-16-29(56-34-21-46-20-26-15-28(55-5)10-11-30(26)34)22-48(32)36(51)31(25(2)14-24)17-35(50)57-38(3,4)41(43,44)45/h7,9-11,15,20-21,24-25,27,29,31-32H,6,8,12-14,16-19,22-23H2,1-5H3,(H,47,52)/b9-7-/t24-,25-,27-,29-,31+,32+,40-/m1/s1. The second kappa shape index (κ2) is 16.1. The maximum Gasteiger partial charge on any atom is 0.427 e. The van der Waals surface area contributed by atoms with Gasteiger partial charge < -0.3 is 19.1 Å². The number of hydrogen-bond donors (Lipinski definition) is 1. The van der Waals surface area contributed by atoms with E-state index in [0.29, 0.717) is 41.5 Å². The lowest BCUT2D eigenvalue weighted by molar-refractivity contribution is -0.257. The van der Waals surface area contributed by atoms with Crippen molar-refractivity contribution in [1.82, 2.24) is 14.6 Å². The summed E-state index contributed by atoms with van der Waals surface area (Å²) in [5, 5.41) is 1.36. The lowest BCUT2D eigenvalue weighted by Crippen LogP contribution is -2.49. The van der Waals surface area contributed by atoms with Gasteiger partial charge in [-0.25, -0.2) is 12.8 Å². The van der Waals surface area contributed by atoms with Gasteiger partial charge in [-0.3, -0.25) is 28.9 Å². The van der Waals surface area contributed by atoms with E-state index in [0.717, 1.165) is 13.8 Å². The predicted molar refractivity (Wildman–Crippen MR) is 204 cm³/mol. The molecule has 12 nitrogen and oxygen atoms in total. The van der Waals surface area contributed by atoms with Gasteiger partial charge in [0.05, 0.1) is 43.6 Å². The Morgan fingerprint density at radius 2 is 1.81 bits per heavy atom. The number of pyridine rings is 1. The molecule has 3 fully saturated rings. The van der Waals surface area contributed by atoms with Crippen molar-refractivity contribution >= 4 is 44.4 Å². The molecule has 6 rings (SSSR count). The number of nitrogens with zero attached hydrogens (tertiary/aromatic N) is 2. The fourth-order valence-corrected chi connectivity index (χ4v) is 9.78. The summed E-state index contributed by atoms with van der Waals surface area (Å²) in [5.74, 6) is -4.70. The molecule has 0 radical (unpaired) electrons. The summed E-state index contributed by atoms with van der Waals surface area (Å²) in [5.41, 5.74) is -4.32. The highest BCUT2D eigenvalue weighted by Crippen LogP contribution is 2.58. The Labute approximate surface area is 335 Å². The molecule has 1 aromatic heterocycles. The van der Waals surface area contributed by atoms with Gasteiger partial charge in [0.15, 0.2) is 5.78 Å². The molecule has 2 saturated carbocycles. The number of esters is 1. The van der Waals surface area contributed by atoms with E-state index in [2.05, 4.69) is 9.71 Å². The maximum absolute atomic E-state index is 14.8. The molecule has 2 aliphatic heterocycles. The Balaban J connectivity index is 1.35. The summed E-state index contributed by atoms with van der Waals surface area (Å²) in [6, 6.07) is 4.05. The average molecular weight is 838 g/mol. The molecule has 0 unspecified atom stereocenters. The second-order valence-corrected chi connectivity index (χ2v) is 19.3. The highest BCUT2D eigenvalue weighted by molar-refractivity contribution is 7.91. The van der Waals surface area contributed by atoms with Crippen LogP contribution in [-0.2, 0) is 33.9 Å². The van der Waals surface area contributed by atoms with E-state index in [4.69, 9.17) is 14.2 Å². The minimum absolute atomic E-state index is 0.0138. The molecule has 1 N–H and O–H groups in total. The molecule has 1 saturated heterocycles. The smallest absolute Gasteiger partial charge is 0.427 e. The van der Waals surface area contributed by atoms with Crippen LogP contribution in [0.25, 0.3) is 10.8 Å². The number of fused-ring (bicyclic) bond motifs is 3. The largest absolute Gasteiger partial charge is 0.497 e. The van der Waals surface area contributed by atoms with Gasteiger partial charge in [0.2, 0.25) is 27.4 Å². The zero-order valence-corrected chi connectivity index (χ0v) is 34.1. The monoisotopic (exact) mass is 837 g/mol. The van der Waals surface area contributed by atoms with Gasteiger partial charge in [-0.15, -0.1) is 0 Å². The van der Waals surface area contributed by atoms with Crippen molar-refractivity contribution in [3.05, 3.63) is 42.7 Å². The van der Waals surface area contributed by atoms with Crippen LogP contribution < -0.4 is 14.2 Å². The van der Waals surface area contributed by atoms with Gasteiger partial charge in [0.25, 0.3) is 0 Å². The van der Waals surface area contributed by atoms with E-state index in [9.17, 15) is 45.2 Å². The summed E-state index contributed by atoms with van der Waals surface area (Å²) in [6.45, 7) is 3.83. The minimum atomic E-state index is -4.88. The minimum Gasteiger partial charge on any atom is -0.497 e. The number of sulfonamides is 1. The summed E-state index contributed by atoms with van der Waals surface area (Å²) in [6.07, 6.45) is 1.72. The van der Waals surface area contributed by atoms with Crippen LogP contribution >= 0.6 is 0 Å². The fraction of sp³-hybridized carbons (Fsp3) is 0.634. The zero-order valence-electron chi connectivity index (χ0n) is 33.3. The van der Waals surface area contributed by atoms with Crippen molar-refractivity contribution in [2.45, 2.75) is 114 Å². The van der Waals surface area contributed by atoms with Crippen LogP contribution in [0.2, 0.25) is 0 Å². The fourth-order valence-electron chi connectivity index (χ4n) is 8.33. The quantitative estimate of drug-likeness (QED) is 0.161. The van der Waals surface area contributed by atoms with Crippen LogP contribution in [0.5, 0.6) is 11.5 Å². The Morgan fingerprint density at radius 3 is 2.47 bits per heavy atom. The maximum atomic E-state index is 14.8. The van der Waals surface area contributed by atoms with Gasteiger partial charge in [-0.05, 0) is 88.3 Å². The summed E-state index contributed by atoms with van der Waals surface area (Å²) < 4.78 is 98.6. The molecular weight excluding hydrogens is 787 g/mol. The molecule has 2 aromatic rings. The topological polar surface area (TPSA) is 158 Å². The van der Waals surface area contributed by atoms with Crippen LogP contribution in [-0.4, -0.2) is 90.9 Å². The first-order valence-electron chi connectivity index (χ1n) is 19.7. The molecule has 0 spiro atoms.